The predicted octanol–water partition coefficient (Wildman–Crippen LogP) is 3.14. The molecule has 0 radical (unpaired) electrons. The monoisotopic (exact) mass is 283 g/mol. The zero-order valence-corrected chi connectivity index (χ0v) is 11.4. The number of halogens is 1. The molecule has 2 rings (SSSR count). The third kappa shape index (κ3) is 3.06. The van der Waals surface area contributed by atoms with Crippen LogP contribution in [0.25, 0.3) is 0 Å². The summed E-state index contributed by atoms with van der Waals surface area (Å²) in [5, 5.41) is 3.46. The molecule has 0 aromatic heterocycles. The van der Waals surface area contributed by atoms with E-state index < -0.39 is 0 Å². The molecule has 1 unspecified atom stereocenters. The molecule has 1 aliphatic rings. The van der Waals surface area contributed by atoms with Crippen LogP contribution in [-0.4, -0.2) is 19.7 Å². The fourth-order valence-electron chi connectivity index (χ4n) is 1.87. The van der Waals surface area contributed by atoms with Gasteiger partial charge >= 0.3 is 0 Å². The van der Waals surface area contributed by atoms with E-state index in [1.165, 1.54) is 5.56 Å². The Hall–Kier alpha value is -0.380. The van der Waals surface area contributed by atoms with Gasteiger partial charge in [-0.1, -0.05) is 41.9 Å². The average molecular weight is 284 g/mol. The second-order valence-corrected chi connectivity index (χ2v) is 6.06. The van der Waals surface area contributed by atoms with E-state index >= 15 is 0 Å². The molecule has 2 nitrogen and oxygen atoms in total. The maximum absolute atomic E-state index is 5.97. The van der Waals surface area contributed by atoms with Gasteiger partial charge in [-0.2, -0.15) is 0 Å². The number of hydrogen-bond donors (Lipinski definition) is 1. The fourth-order valence-corrected chi connectivity index (χ4v) is 2.13. The SMILES string of the molecule is CC1(C)CNCC(c2ccc(Br)cc2)OC1. The van der Waals surface area contributed by atoms with Gasteiger partial charge in [0.1, 0.15) is 0 Å². The van der Waals surface area contributed by atoms with E-state index in [0.29, 0.717) is 0 Å². The Kier molecular flexibility index (Phi) is 3.67. The van der Waals surface area contributed by atoms with Crippen LogP contribution in [0.3, 0.4) is 0 Å². The molecule has 1 N–H and O–H groups in total. The highest BCUT2D eigenvalue weighted by Crippen LogP contribution is 2.25. The number of ether oxygens (including phenoxy) is 1. The Morgan fingerprint density at radius 1 is 1.31 bits per heavy atom. The Labute approximate surface area is 106 Å². The lowest BCUT2D eigenvalue weighted by Crippen LogP contribution is -2.29. The molecule has 0 bridgehead atoms. The number of nitrogens with one attached hydrogen (secondary N) is 1. The molecular formula is C13H18BrNO. The van der Waals surface area contributed by atoms with Gasteiger partial charge in [0.25, 0.3) is 0 Å². The molecule has 3 heteroatoms. The van der Waals surface area contributed by atoms with Crippen molar-refractivity contribution in [1.29, 1.82) is 0 Å². The van der Waals surface area contributed by atoms with Gasteiger partial charge in [-0.15, -0.1) is 0 Å². The molecule has 1 heterocycles. The van der Waals surface area contributed by atoms with Crippen LogP contribution in [0.5, 0.6) is 0 Å². The first-order valence-corrected chi connectivity index (χ1v) is 6.44. The molecule has 1 aliphatic heterocycles. The maximum Gasteiger partial charge on any atom is 0.0949 e. The van der Waals surface area contributed by atoms with Crippen molar-refractivity contribution in [2.45, 2.75) is 20.0 Å². The van der Waals surface area contributed by atoms with E-state index in [-0.39, 0.29) is 11.5 Å². The molecule has 0 spiro atoms. The first kappa shape index (κ1) is 12.1. The summed E-state index contributed by atoms with van der Waals surface area (Å²) in [6.45, 7) is 7.17. The average Bonchev–Trinajstić information content (AvgIpc) is 2.41. The van der Waals surface area contributed by atoms with Gasteiger partial charge in [-0.3, -0.25) is 0 Å². The normalized spacial score (nSPS) is 25.1. The summed E-state index contributed by atoms with van der Waals surface area (Å²) >= 11 is 3.45. The Balaban J connectivity index is 2.08. The molecular weight excluding hydrogens is 266 g/mol. The number of rotatable bonds is 1. The second kappa shape index (κ2) is 4.86. The summed E-state index contributed by atoms with van der Waals surface area (Å²) in [4.78, 5) is 0. The van der Waals surface area contributed by atoms with Crippen molar-refractivity contribution in [3.63, 3.8) is 0 Å². The third-order valence-corrected chi connectivity index (χ3v) is 3.38. The van der Waals surface area contributed by atoms with Gasteiger partial charge in [0.05, 0.1) is 12.7 Å². The molecule has 0 amide bonds. The number of benzene rings is 1. The van der Waals surface area contributed by atoms with E-state index in [2.05, 4.69) is 59.4 Å². The van der Waals surface area contributed by atoms with Crippen molar-refractivity contribution in [2.75, 3.05) is 19.7 Å². The number of hydrogen-bond acceptors (Lipinski definition) is 2. The summed E-state index contributed by atoms with van der Waals surface area (Å²) in [7, 11) is 0. The minimum absolute atomic E-state index is 0.176. The summed E-state index contributed by atoms with van der Waals surface area (Å²) in [6, 6.07) is 8.37. The summed E-state index contributed by atoms with van der Waals surface area (Å²) in [6.07, 6.45) is 0.176. The smallest absolute Gasteiger partial charge is 0.0949 e. The Morgan fingerprint density at radius 2 is 2.00 bits per heavy atom. The van der Waals surface area contributed by atoms with Crippen molar-refractivity contribution < 1.29 is 4.74 Å². The minimum Gasteiger partial charge on any atom is -0.372 e. The van der Waals surface area contributed by atoms with Crippen LogP contribution in [0.4, 0.5) is 0 Å². The highest BCUT2D eigenvalue weighted by molar-refractivity contribution is 9.10. The molecule has 1 saturated heterocycles. The second-order valence-electron chi connectivity index (χ2n) is 5.15. The summed E-state index contributed by atoms with van der Waals surface area (Å²) in [5.41, 5.74) is 1.47. The lowest BCUT2D eigenvalue weighted by atomic mass is 9.95. The van der Waals surface area contributed by atoms with Gasteiger partial charge in [0.2, 0.25) is 0 Å². The van der Waals surface area contributed by atoms with Crippen molar-refractivity contribution in [3.05, 3.63) is 34.3 Å². The van der Waals surface area contributed by atoms with Crippen LogP contribution in [0.15, 0.2) is 28.7 Å². The topological polar surface area (TPSA) is 21.3 Å². The lowest BCUT2D eigenvalue weighted by molar-refractivity contribution is 0.0260. The molecule has 1 fully saturated rings. The largest absolute Gasteiger partial charge is 0.372 e. The van der Waals surface area contributed by atoms with E-state index in [1.54, 1.807) is 0 Å². The minimum atomic E-state index is 0.176. The van der Waals surface area contributed by atoms with E-state index in [4.69, 9.17) is 4.74 Å². The van der Waals surface area contributed by atoms with E-state index in [9.17, 15) is 0 Å². The van der Waals surface area contributed by atoms with Gasteiger partial charge in [-0.05, 0) is 17.7 Å². The summed E-state index contributed by atoms with van der Waals surface area (Å²) < 4.78 is 7.08. The van der Waals surface area contributed by atoms with Crippen molar-refractivity contribution >= 4 is 15.9 Å². The molecule has 1 aromatic carbocycles. The Morgan fingerprint density at radius 3 is 2.69 bits per heavy atom. The van der Waals surface area contributed by atoms with Crippen LogP contribution in [0.2, 0.25) is 0 Å². The highest BCUT2D eigenvalue weighted by atomic mass is 79.9. The van der Waals surface area contributed by atoms with Crippen LogP contribution < -0.4 is 5.32 Å². The summed E-state index contributed by atoms with van der Waals surface area (Å²) in [5.74, 6) is 0. The lowest BCUT2D eigenvalue weighted by Gasteiger charge is -2.21. The zero-order chi connectivity index (χ0) is 11.6. The van der Waals surface area contributed by atoms with Gasteiger partial charge in [0, 0.05) is 23.0 Å². The van der Waals surface area contributed by atoms with Gasteiger partial charge in [-0.25, -0.2) is 0 Å². The molecule has 88 valence electrons. The first-order valence-electron chi connectivity index (χ1n) is 5.65. The zero-order valence-electron chi connectivity index (χ0n) is 9.79. The van der Waals surface area contributed by atoms with Crippen molar-refractivity contribution in [2.24, 2.45) is 5.41 Å². The molecule has 1 aromatic rings. The van der Waals surface area contributed by atoms with Gasteiger partial charge < -0.3 is 10.1 Å². The fraction of sp³-hybridized carbons (Fsp3) is 0.538. The van der Waals surface area contributed by atoms with E-state index in [0.717, 1.165) is 24.2 Å². The quantitative estimate of drug-likeness (QED) is 0.855. The van der Waals surface area contributed by atoms with Crippen LogP contribution >= 0.6 is 15.9 Å². The highest BCUT2D eigenvalue weighted by Gasteiger charge is 2.25. The van der Waals surface area contributed by atoms with Crippen molar-refractivity contribution in [1.82, 2.24) is 5.32 Å². The molecule has 0 saturated carbocycles. The van der Waals surface area contributed by atoms with Crippen molar-refractivity contribution in [3.8, 4) is 0 Å². The van der Waals surface area contributed by atoms with Crippen LogP contribution in [-0.2, 0) is 4.74 Å². The first-order chi connectivity index (χ1) is 7.57. The van der Waals surface area contributed by atoms with E-state index in [1.807, 2.05) is 0 Å². The van der Waals surface area contributed by atoms with Gasteiger partial charge in [0.15, 0.2) is 0 Å². The maximum atomic E-state index is 5.97. The van der Waals surface area contributed by atoms with Crippen LogP contribution in [0, 0.1) is 5.41 Å². The molecule has 1 atom stereocenters. The molecule has 0 aliphatic carbocycles. The Bertz CT molecular complexity index is 347. The predicted molar refractivity (Wildman–Crippen MR) is 69.5 cm³/mol. The standard InChI is InChI=1S/C13H18BrNO/c1-13(2)8-15-7-12(16-9-13)10-3-5-11(14)6-4-10/h3-6,12,15H,7-9H2,1-2H3. The third-order valence-electron chi connectivity index (χ3n) is 2.85. The van der Waals surface area contributed by atoms with Crippen LogP contribution in [0.1, 0.15) is 25.5 Å². The molecule has 16 heavy (non-hydrogen) atoms.